The molecule has 3 rings (SSSR count). The van der Waals surface area contributed by atoms with Crippen molar-refractivity contribution in [3.63, 3.8) is 0 Å². The zero-order chi connectivity index (χ0) is 17.6. The number of rotatable bonds is 2. The maximum Gasteiger partial charge on any atom is 0.307 e. The van der Waals surface area contributed by atoms with E-state index in [0.29, 0.717) is 27.0 Å². The molecule has 0 spiro atoms. The van der Waals surface area contributed by atoms with Crippen LogP contribution in [0.15, 0.2) is 4.79 Å². The molecule has 130 valence electrons. The maximum absolute atomic E-state index is 12.5. The summed E-state index contributed by atoms with van der Waals surface area (Å²) < 4.78 is 1.50. The number of aromatic nitrogens is 2. The lowest BCUT2D eigenvalue weighted by Gasteiger charge is -2.33. The minimum absolute atomic E-state index is 0.121. The predicted octanol–water partition coefficient (Wildman–Crippen LogP) is 3.62. The highest BCUT2D eigenvalue weighted by molar-refractivity contribution is 7.16. The van der Waals surface area contributed by atoms with Crippen molar-refractivity contribution in [2.45, 2.75) is 47.0 Å². The smallest absolute Gasteiger partial charge is 0.306 e. The van der Waals surface area contributed by atoms with Gasteiger partial charge < -0.3 is 4.57 Å². The maximum atomic E-state index is 12.5. The monoisotopic (exact) mass is 365 g/mol. The Hall–Kier alpha value is -1.47. The molecule has 1 amide bonds. The highest BCUT2D eigenvalue weighted by atomic mass is 32.1. The third-order valence-electron chi connectivity index (χ3n) is 4.89. The second kappa shape index (κ2) is 6.11. The van der Waals surface area contributed by atoms with Crippen LogP contribution in [0.3, 0.4) is 0 Å². The number of hydrogen-bond donors (Lipinski definition) is 1. The summed E-state index contributed by atoms with van der Waals surface area (Å²) in [5.41, 5.74) is 2.10. The van der Waals surface area contributed by atoms with Crippen molar-refractivity contribution in [3.8, 4) is 0 Å². The first-order valence-corrected chi connectivity index (χ1v) is 9.76. The average molecular weight is 366 g/mol. The van der Waals surface area contributed by atoms with E-state index in [0.717, 1.165) is 36.3 Å². The third kappa shape index (κ3) is 3.19. The summed E-state index contributed by atoms with van der Waals surface area (Å²) in [6.45, 7) is 8.64. The van der Waals surface area contributed by atoms with Gasteiger partial charge in [0.1, 0.15) is 4.88 Å². The largest absolute Gasteiger partial charge is 0.307 e. The van der Waals surface area contributed by atoms with Gasteiger partial charge >= 0.3 is 4.87 Å². The second-order valence-corrected chi connectivity index (χ2v) is 9.54. The zero-order valence-electron chi connectivity index (χ0n) is 14.7. The molecule has 1 aliphatic rings. The molecule has 1 atom stereocenters. The van der Waals surface area contributed by atoms with Crippen molar-refractivity contribution in [2.24, 2.45) is 18.4 Å². The van der Waals surface area contributed by atoms with Crippen LogP contribution in [0, 0.1) is 18.3 Å². The number of nitrogens with one attached hydrogen (secondary N) is 1. The van der Waals surface area contributed by atoms with E-state index in [1.807, 2.05) is 0 Å². The Morgan fingerprint density at radius 3 is 2.62 bits per heavy atom. The van der Waals surface area contributed by atoms with Gasteiger partial charge in [0.2, 0.25) is 0 Å². The SMILES string of the molecule is Cc1c(C(=O)Nc2nc3c(s2)CC(C(C)(C)C)CC3)sc(=O)n1C. The number of amides is 1. The molecule has 0 fully saturated rings. The van der Waals surface area contributed by atoms with Gasteiger partial charge in [-0.25, -0.2) is 4.98 Å². The highest BCUT2D eigenvalue weighted by Crippen LogP contribution is 2.40. The lowest BCUT2D eigenvalue weighted by atomic mass is 9.73. The summed E-state index contributed by atoms with van der Waals surface area (Å²) in [5.74, 6) is 0.407. The quantitative estimate of drug-likeness (QED) is 0.884. The normalized spacial score (nSPS) is 17.6. The van der Waals surface area contributed by atoms with Crippen LogP contribution in [-0.2, 0) is 19.9 Å². The minimum atomic E-state index is -0.242. The number of anilines is 1. The van der Waals surface area contributed by atoms with Crippen molar-refractivity contribution < 1.29 is 4.79 Å². The Balaban J connectivity index is 1.78. The van der Waals surface area contributed by atoms with Crippen molar-refractivity contribution in [3.05, 3.63) is 30.8 Å². The van der Waals surface area contributed by atoms with Gasteiger partial charge in [0.25, 0.3) is 5.91 Å². The van der Waals surface area contributed by atoms with E-state index in [1.165, 1.54) is 9.44 Å². The van der Waals surface area contributed by atoms with Crippen molar-refractivity contribution in [1.29, 1.82) is 0 Å². The predicted molar refractivity (Wildman–Crippen MR) is 99.3 cm³/mol. The van der Waals surface area contributed by atoms with Crippen LogP contribution < -0.4 is 10.2 Å². The van der Waals surface area contributed by atoms with Gasteiger partial charge in [0.15, 0.2) is 5.13 Å². The van der Waals surface area contributed by atoms with Gasteiger partial charge in [-0.05, 0) is 37.5 Å². The van der Waals surface area contributed by atoms with E-state index in [-0.39, 0.29) is 10.8 Å². The fraction of sp³-hybridized carbons (Fsp3) is 0.588. The van der Waals surface area contributed by atoms with Gasteiger partial charge in [-0.2, -0.15) is 0 Å². The molecule has 0 saturated heterocycles. The van der Waals surface area contributed by atoms with E-state index in [4.69, 9.17) is 0 Å². The van der Waals surface area contributed by atoms with Gasteiger partial charge in [-0.3, -0.25) is 14.9 Å². The van der Waals surface area contributed by atoms with Crippen molar-refractivity contribution in [2.75, 3.05) is 5.32 Å². The van der Waals surface area contributed by atoms with E-state index >= 15 is 0 Å². The van der Waals surface area contributed by atoms with Crippen LogP contribution in [-0.4, -0.2) is 15.5 Å². The second-order valence-electron chi connectivity index (χ2n) is 7.49. The lowest BCUT2D eigenvalue weighted by Crippen LogP contribution is -2.26. The van der Waals surface area contributed by atoms with Gasteiger partial charge in [0.05, 0.1) is 5.69 Å². The molecule has 0 saturated carbocycles. The molecule has 2 aromatic rings. The fourth-order valence-corrected chi connectivity index (χ4v) is 5.01. The molecule has 5 nitrogen and oxygen atoms in total. The first-order chi connectivity index (χ1) is 11.2. The third-order valence-corrected chi connectivity index (χ3v) is 7.05. The number of nitrogens with zero attached hydrogens (tertiary/aromatic N) is 2. The molecule has 24 heavy (non-hydrogen) atoms. The molecule has 1 aliphatic carbocycles. The van der Waals surface area contributed by atoms with Crippen molar-refractivity contribution >= 4 is 33.7 Å². The van der Waals surface area contributed by atoms with E-state index in [9.17, 15) is 9.59 Å². The Morgan fingerprint density at radius 1 is 1.33 bits per heavy atom. The Labute approximate surface area is 149 Å². The highest BCUT2D eigenvalue weighted by Gasteiger charge is 2.31. The first kappa shape index (κ1) is 17.4. The van der Waals surface area contributed by atoms with Gasteiger partial charge in [0, 0.05) is 17.6 Å². The van der Waals surface area contributed by atoms with Gasteiger partial charge in [-0.15, -0.1) is 11.3 Å². The molecule has 2 aromatic heterocycles. The Bertz CT molecular complexity index is 839. The number of carbonyl (C=O) groups excluding carboxylic acids is 1. The number of thiazole rings is 2. The summed E-state index contributed by atoms with van der Waals surface area (Å²) in [5, 5.41) is 3.52. The molecular weight excluding hydrogens is 342 g/mol. The molecule has 0 bridgehead atoms. The number of aryl methyl sites for hydroxylation is 1. The summed E-state index contributed by atoms with van der Waals surface area (Å²) in [4.78, 5) is 30.4. The molecule has 1 unspecified atom stereocenters. The number of carbonyl (C=O) groups is 1. The standard InChI is InChI=1S/C17H23N3O2S2/c1-9-13(24-16(22)20(9)5)14(21)19-15-18-11-7-6-10(17(2,3)4)8-12(11)23-15/h10H,6-8H2,1-5H3,(H,18,19,21). The zero-order valence-corrected chi connectivity index (χ0v) is 16.4. The van der Waals surface area contributed by atoms with Crippen LogP contribution >= 0.6 is 22.7 Å². The van der Waals surface area contributed by atoms with E-state index in [1.54, 1.807) is 25.3 Å². The van der Waals surface area contributed by atoms with Crippen LogP contribution in [0.5, 0.6) is 0 Å². The summed E-state index contributed by atoms with van der Waals surface area (Å²) >= 11 is 2.55. The van der Waals surface area contributed by atoms with Crippen LogP contribution in [0.1, 0.15) is 53.1 Å². The fourth-order valence-electron chi connectivity index (χ4n) is 3.05. The van der Waals surface area contributed by atoms with Crippen LogP contribution in [0.2, 0.25) is 0 Å². The van der Waals surface area contributed by atoms with Crippen LogP contribution in [0.25, 0.3) is 0 Å². The molecule has 2 heterocycles. The summed E-state index contributed by atoms with van der Waals surface area (Å²) in [6.07, 6.45) is 3.15. The summed E-state index contributed by atoms with van der Waals surface area (Å²) in [7, 11) is 1.68. The molecule has 7 heteroatoms. The van der Waals surface area contributed by atoms with Crippen LogP contribution in [0.4, 0.5) is 5.13 Å². The Kier molecular flexibility index (Phi) is 4.42. The molecule has 0 radical (unpaired) electrons. The number of hydrogen-bond acceptors (Lipinski definition) is 5. The molecule has 0 aromatic carbocycles. The number of fused-ring (bicyclic) bond motifs is 1. The van der Waals surface area contributed by atoms with E-state index < -0.39 is 0 Å². The summed E-state index contributed by atoms with van der Waals surface area (Å²) in [6, 6.07) is 0. The molecular formula is C17H23N3O2S2. The first-order valence-electron chi connectivity index (χ1n) is 8.13. The lowest BCUT2D eigenvalue weighted by molar-refractivity contribution is 0.102. The Morgan fingerprint density at radius 2 is 2.04 bits per heavy atom. The van der Waals surface area contributed by atoms with Crippen molar-refractivity contribution in [1.82, 2.24) is 9.55 Å². The average Bonchev–Trinajstić information content (AvgIpc) is 3.01. The molecule has 0 aliphatic heterocycles. The topological polar surface area (TPSA) is 64.0 Å². The van der Waals surface area contributed by atoms with E-state index in [2.05, 4.69) is 31.1 Å². The molecule has 1 N–H and O–H groups in total. The minimum Gasteiger partial charge on any atom is -0.306 e. The van der Waals surface area contributed by atoms with Gasteiger partial charge in [-0.1, -0.05) is 32.1 Å².